The Hall–Kier alpha value is -1.40. The van der Waals surface area contributed by atoms with Crippen LogP contribution in [0.2, 0.25) is 10.0 Å². The van der Waals surface area contributed by atoms with Crippen molar-refractivity contribution in [2.24, 2.45) is 0 Å². The Morgan fingerprint density at radius 3 is 2.67 bits per heavy atom. The average molecular weight is 391 g/mol. The van der Waals surface area contributed by atoms with Gasteiger partial charge in [0.25, 0.3) is 5.91 Å². The van der Waals surface area contributed by atoms with E-state index in [9.17, 15) is 4.79 Å². The number of hydrogen-bond donors (Lipinski definition) is 3. The fourth-order valence-corrected chi connectivity index (χ4v) is 2.91. The largest absolute Gasteiger partial charge is 0.487 e. The SMILES string of the molecule is Cc1[nH]c(C(=O)Nc2ccccc2OC2CCNC2)c(Cl)c1Cl.Cl. The highest BCUT2D eigenvalue weighted by Crippen LogP contribution is 2.31. The monoisotopic (exact) mass is 389 g/mol. The number of anilines is 1. The van der Waals surface area contributed by atoms with Crippen LogP contribution in [0.15, 0.2) is 24.3 Å². The molecule has 0 radical (unpaired) electrons. The minimum absolute atomic E-state index is 0. The van der Waals surface area contributed by atoms with Crippen LogP contribution in [0.5, 0.6) is 5.75 Å². The molecule has 0 aliphatic carbocycles. The van der Waals surface area contributed by atoms with Crippen LogP contribution in [0.4, 0.5) is 5.69 Å². The third-order valence-corrected chi connectivity index (χ3v) is 4.67. The summed E-state index contributed by atoms with van der Waals surface area (Å²) in [5.41, 5.74) is 1.50. The standard InChI is InChI=1S/C16H17Cl2N3O2.ClH/c1-9-13(17)14(18)15(20-9)16(22)21-11-4-2-3-5-12(11)23-10-6-7-19-8-10;/h2-5,10,19-20H,6-8H2,1H3,(H,21,22);1H. The van der Waals surface area contributed by atoms with E-state index in [-0.39, 0.29) is 35.1 Å². The van der Waals surface area contributed by atoms with Crippen molar-refractivity contribution in [2.75, 3.05) is 18.4 Å². The number of benzene rings is 1. The van der Waals surface area contributed by atoms with E-state index in [1.54, 1.807) is 13.0 Å². The predicted molar refractivity (Wildman–Crippen MR) is 99.1 cm³/mol. The third-order valence-electron chi connectivity index (χ3n) is 3.72. The highest BCUT2D eigenvalue weighted by atomic mass is 35.5. The second-order valence-corrected chi connectivity index (χ2v) is 6.19. The minimum atomic E-state index is -0.356. The van der Waals surface area contributed by atoms with Gasteiger partial charge in [0.2, 0.25) is 0 Å². The second kappa shape index (κ2) is 8.12. The van der Waals surface area contributed by atoms with Crippen molar-refractivity contribution in [1.82, 2.24) is 10.3 Å². The number of aromatic amines is 1. The summed E-state index contributed by atoms with van der Waals surface area (Å²) < 4.78 is 5.96. The summed E-state index contributed by atoms with van der Waals surface area (Å²) in [5.74, 6) is 0.283. The zero-order valence-corrected chi connectivity index (χ0v) is 15.3. The lowest BCUT2D eigenvalue weighted by atomic mass is 10.2. The molecule has 1 saturated heterocycles. The van der Waals surface area contributed by atoms with E-state index in [0.717, 1.165) is 19.5 Å². The third kappa shape index (κ3) is 3.98. The predicted octanol–water partition coefficient (Wildman–Crippen LogP) is 4.04. The topological polar surface area (TPSA) is 66.2 Å². The maximum Gasteiger partial charge on any atom is 0.273 e. The van der Waals surface area contributed by atoms with Crippen molar-refractivity contribution < 1.29 is 9.53 Å². The number of halogens is 3. The molecule has 2 heterocycles. The second-order valence-electron chi connectivity index (χ2n) is 5.44. The first-order valence-electron chi connectivity index (χ1n) is 7.37. The molecule has 1 aromatic carbocycles. The molecule has 3 rings (SSSR count). The van der Waals surface area contributed by atoms with Crippen LogP contribution >= 0.6 is 35.6 Å². The van der Waals surface area contributed by atoms with Crippen LogP contribution in [0.3, 0.4) is 0 Å². The molecule has 1 fully saturated rings. The minimum Gasteiger partial charge on any atom is -0.487 e. The summed E-state index contributed by atoms with van der Waals surface area (Å²) in [7, 11) is 0. The van der Waals surface area contributed by atoms with Gasteiger partial charge >= 0.3 is 0 Å². The first kappa shape index (κ1) is 18.9. The number of hydrogen-bond acceptors (Lipinski definition) is 3. The number of ether oxygens (including phenoxy) is 1. The first-order chi connectivity index (χ1) is 11.1. The Labute approximate surface area is 156 Å². The summed E-state index contributed by atoms with van der Waals surface area (Å²) in [5, 5.41) is 6.65. The van der Waals surface area contributed by atoms with Gasteiger partial charge in [-0.15, -0.1) is 12.4 Å². The summed E-state index contributed by atoms with van der Waals surface area (Å²) in [6, 6.07) is 7.34. The first-order valence-corrected chi connectivity index (χ1v) is 8.13. The molecule has 1 amide bonds. The number of para-hydroxylation sites is 2. The lowest BCUT2D eigenvalue weighted by molar-refractivity contribution is 0.102. The Morgan fingerprint density at radius 2 is 2.04 bits per heavy atom. The molecular formula is C16H18Cl3N3O2. The summed E-state index contributed by atoms with van der Waals surface area (Å²) in [6.45, 7) is 3.50. The fourth-order valence-electron chi connectivity index (χ4n) is 2.49. The maximum atomic E-state index is 12.4. The number of carbonyl (C=O) groups excluding carboxylic acids is 1. The van der Waals surface area contributed by atoms with Gasteiger partial charge in [0.1, 0.15) is 17.5 Å². The molecule has 8 heteroatoms. The number of H-pyrrole nitrogens is 1. The van der Waals surface area contributed by atoms with E-state index >= 15 is 0 Å². The van der Waals surface area contributed by atoms with E-state index in [0.29, 0.717) is 22.2 Å². The zero-order chi connectivity index (χ0) is 16.4. The van der Waals surface area contributed by atoms with Gasteiger partial charge in [0, 0.05) is 12.2 Å². The van der Waals surface area contributed by atoms with Crippen LogP contribution in [0.25, 0.3) is 0 Å². The van der Waals surface area contributed by atoms with Crippen molar-refractivity contribution in [3.8, 4) is 5.75 Å². The van der Waals surface area contributed by atoms with Crippen LogP contribution in [-0.2, 0) is 0 Å². The number of nitrogens with one attached hydrogen (secondary N) is 3. The molecule has 1 aliphatic heterocycles. The van der Waals surface area contributed by atoms with E-state index in [1.807, 2.05) is 18.2 Å². The summed E-state index contributed by atoms with van der Waals surface area (Å²) >= 11 is 12.1. The Kier molecular flexibility index (Phi) is 6.40. The van der Waals surface area contributed by atoms with Crippen LogP contribution in [0.1, 0.15) is 22.6 Å². The lowest BCUT2D eigenvalue weighted by Gasteiger charge is -2.16. The number of amides is 1. The molecule has 1 aromatic heterocycles. The van der Waals surface area contributed by atoms with Crippen molar-refractivity contribution in [3.63, 3.8) is 0 Å². The number of rotatable bonds is 4. The number of aromatic nitrogens is 1. The van der Waals surface area contributed by atoms with Crippen molar-refractivity contribution in [1.29, 1.82) is 0 Å². The van der Waals surface area contributed by atoms with Gasteiger partial charge in [0.15, 0.2) is 0 Å². The zero-order valence-electron chi connectivity index (χ0n) is 13.0. The van der Waals surface area contributed by atoms with Gasteiger partial charge in [-0.1, -0.05) is 35.3 Å². The molecule has 3 N–H and O–H groups in total. The quantitative estimate of drug-likeness (QED) is 0.738. The van der Waals surface area contributed by atoms with Crippen molar-refractivity contribution in [2.45, 2.75) is 19.4 Å². The van der Waals surface area contributed by atoms with E-state index in [1.165, 1.54) is 0 Å². The van der Waals surface area contributed by atoms with Gasteiger partial charge < -0.3 is 20.4 Å². The van der Waals surface area contributed by atoms with Crippen molar-refractivity contribution in [3.05, 3.63) is 45.7 Å². The number of carbonyl (C=O) groups is 1. The highest BCUT2D eigenvalue weighted by molar-refractivity contribution is 6.44. The molecule has 0 bridgehead atoms. The van der Waals surface area contributed by atoms with Gasteiger partial charge in [-0.3, -0.25) is 4.79 Å². The normalized spacial score (nSPS) is 16.5. The molecule has 2 aromatic rings. The molecule has 24 heavy (non-hydrogen) atoms. The molecule has 130 valence electrons. The molecule has 5 nitrogen and oxygen atoms in total. The Bertz CT molecular complexity index is 727. The smallest absolute Gasteiger partial charge is 0.273 e. The summed E-state index contributed by atoms with van der Waals surface area (Å²) in [6.07, 6.45) is 1.05. The lowest BCUT2D eigenvalue weighted by Crippen LogP contribution is -2.21. The van der Waals surface area contributed by atoms with Crippen LogP contribution in [0, 0.1) is 6.92 Å². The van der Waals surface area contributed by atoms with Gasteiger partial charge in [-0.05, 0) is 32.0 Å². The summed E-state index contributed by atoms with van der Waals surface area (Å²) in [4.78, 5) is 15.3. The molecule has 1 unspecified atom stereocenters. The van der Waals surface area contributed by atoms with Gasteiger partial charge in [-0.25, -0.2) is 0 Å². The van der Waals surface area contributed by atoms with E-state index < -0.39 is 0 Å². The van der Waals surface area contributed by atoms with Crippen LogP contribution in [-0.4, -0.2) is 30.1 Å². The van der Waals surface area contributed by atoms with E-state index in [2.05, 4.69) is 15.6 Å². The Balaban J connectivity index is 0.00000208. The van der Waals surface area contributed by atoms with E-state index in [4.69, 9.17) is 27.9 Å². The molecule has 1 aliphatic rings. The van der Waals surface area contributed by atoms with Gasteiger partial charge in [-0.2, -0.15) is 0 Å². The van der Waals surface area contributed by atoms with Crippen LogP contribution < -0.4 is 15.4 Å². The molecule has 0 spiro atoms. The number of aryl methyl sites for hydroxylation is 1. The van der Waals surface area contributed by atoms with Crippen molar-refractivity contribution >= 4 is 47.2 Å². The molecular weight excluding hydrogens is 373 g/mol. The molecule has 1 atom stereocenters. The maximum absolute atomic E-state index is 12.4. The highest BCUT2D eigenvalue weighted by Gasteiger charge is 2.21. The fraction of sp³-hybridized carbons (Fsp3) is 0.312. The van der Waals surface area contributed by atoms with Gasteiger partial charge in [0.05, 0.1) is 15.7 Å². The average Bonchev–Trinajstić information content (AvgIpc) is 3.13. The molecule has 0 saturated carbocycles. The Morgan fingerprint density at radius 1 is 1.29 bits per heavy atom.